The standard InChI is InChI=1S/C19H15ClN2O2S/c1-12-8-18(22-19(21-12)14-3-5-15(20)6-4-14)25-10-13-2-7-16-17(9-13)24-11-23-16/h2-9H,10-11H2,1H3. The Morgan fingerprint density at radius 1 is 1.00 bits per heavy atom. The minimum Gasteiger partial charge on any atom is -0.454 e. The molecule has 4 rings (SSSR count). The van der Waals surface area contributed by atoms with Gasteiger partial charge < -0.3 is 9.47 Å². The van der Waals surface area contributed by atoms with Crippen LogP contribution in [0.3, 0.4) is 0 Å². The molecule has 0 amide bonds. The van der Waals surface area contributed by atoms with Crippen molar-refractivity contribution < 1.29 is 9.47 Å². The number of halogens is 1. The number of benzene rings is 2. The quantitative estimate of drug-likeness (QED) is 0.470. The monoisotopic (exact) mass is 370 g/mol. The van der Waals surface area contributed by atoms with E-state index in [1.807, 2.05) is 49.4 Å². The number of ether oxygens (including phenoxy) is 2. The molecule has 4 nitrogen and oxygen atoms in total. The lowest BCUT2D eigenvalue weighted by atomic mass is 10.2. The lowest BCUT2D eigenvalue weighted by molar-refractivity contribution is 0.174. The second-order valence-electron chi connectivity index (χ2n) is 5.65. The van der Waals surface area contributed by atoms with Crippen LogP contribution in [-0.4, -0.2) is 16.8 Å². The van der Waals surface area contributed by atoms with Crippen LogP contribution in [0, 0.1) is 6.92 Å². The predicted octanol–water partition coefficient (Wildman–Crippen LogP) is 5.13. The summed E-state index contributed by atoms with van der Waals surface area (Å²) < 4.78 is 10.8. The Kier molecular flexibility index (Phi) is 4.51. The molecule has 2 aromatic carbocycles. The summed E-state index contributed by atoms with van der Waals surface area (Å²) in [7, 11) is 0. The molecule has 0 saturated carbocycles. The van der Waals surface area contributed by atoms with Crippen LogP contribution in [0.15, 0.2) is 53.6 Å². The SMILES string of the molecule is Cc1cc(SCc2ccc3c(c2)OCO3)nc(-c2ccc(Cl)cc2)n1. The third kappa shape index (κ3) is 3.72. The molecule has 0 fully saturated rings. The lowest BCUT2D eigenvalue weighted by Gasteiger charge is -2.07. The highest BCUT2D eigenvalue weighted by atomic mass is 35.5. The zero-order valence-electron chi connectivity index (χ0n) is 13.5. The van der Waals surface area contributed by atoms with Crippen molar-refractivity contribution in [2.24, 2.45) is 0 Å². The molecule has 0 aliphatic carbocycles. The van der Waals surface area contributed by atoms with Crippen molar-refractivity contribution in [2.45, 2.75) is 17.7 Å². The van der Waals surface area contributed by atoms with Crippen LogP contribution in [0.5, 0.6) is 11.5 Å². The maximum Gasteiger partial charge on any atom is 0.231 e. The molecule has 0 atom stereocenters. The van der Waals surface area contributed by atoms with E-state index in [9.17, 15) is 0 Å². The Labute approximate surface area is 155 Å². The third-order valence-electron chi connectivity index (χ3n) is 3.76. The average molecular weight is 371 g/mol. The first-order chi connectivity index (χ1) is 12.2. The molecule has 3 aromatic rings. The fourth-order valence-corrected chi connectivity index (χ4v) is 3.55. The molecule has 0 N–H and O–H groups in total. The van der Waals surface area contributed by atoms with Gasteiger partial charge in [0.2, 0.25) is 6.79 Å². The normalized spacial score (nSPS) is 12.4. The van der Waals surface area contributed by atoms with Gasteiger partial charge in [-0.15, -0.1) is 11.8 Å². The highest BCUT2D eigenvalue weighted by Gasteiger charge is 2.13. The number of fused-ring (bicyclic) bond motifs is 1. The zero-order valence-corrected chi connectivity index (χ0v) is 15.1. The van der Waals surface area contributed by atoms with Crippen LogP contribution in [-0.2, 0) is 5.75 Å². The van der Waals surface area contributed by atoms with Crippen molar-refractivity contribution in [3.05, 3.63) is 64.8 Å². The minimum atomic E-state index is 0.293. The summed E-state index contributed by atoms with van der Waals surface area (Å²) in [5, 5.41) is 1.64. The summed E-state index contributed by atoms with van der Waals surface area (Å²) in [5.74, 6) is 3.12. The maximum absolute atomic E-state index is 5.96. The van der Waals surface area contributed by atoms with E-state index in [1.165, 1.54) is 5.56 Å². The van der Waals surface area contributed by atoms with Gasteiger partial charge in [-0.3, -0.25) is 0 Å². The predicted molar refractivity (Wildman–Crippen MR) is 99.3 cm³/mol. The van der Waals surface area contributed by atoms with Crippen LogP contribution in [0.2, 0.25) is 5.02 Å². The first-order valence-corrected chi connectivity index (χ1v) is 9.17. The summed E-state index contributed by atoms with van der Waals surface area (Å²) in [4.78, 5) is 9.21. The smallest absolute Gasteiger partial charge is 0.231 e. The number of hydrogen-bond donors (Lipinski definition) is 0. The van der Waals surface area contributed by atoms with Crippen LogP contribution in [0.4, 0.5) is 0 Å². The van der Waals surface area contributed by atoms with E-state index in [0.29, 0.717) is 17.6 Å². The third-order valence-corrected chi connectivity index (χ3v) is 4.99. The van der Waals surface area contributed by atoms with Crippen LogP contribution < -0.4 is 9.47 Å². The van der Waals surface area contributed by atoms with Gasteiger partial charge in [-0.05, 0) is 55.0 Å². The molecule has 0 spiro atoms. The summed E-state index contributed by atoms with van der Waals surface area (Å²) in [6.45, 7) is 2.27. The van der Waals surface area contributed by atoms with Gasteiger partial charge in [-0.2, -0.15) is 0 Å². The maximum atomic E-state index is 5.96. The first kappa shape index (κ1) is 16.2. The molecular weight excluding hydrogens is 356 g/mol. The minimum absolute atomic E-state index is 0.293. The molecule has 1 aliphatic rings. The molecule has 0 radical (unpaired) electrons. The van der Waals surface area contributed by atoms with Gasteiger partial charge in [0.05, 0.1) is 0 Å². The fourth-order valence-electron chi connectivity index (χ4n) is 2.53. The first-order valence-electron chi connectivity index (χ1n) is 7.80. The number of aromatic nitrogens is 2. The van der Waals surface area contributed by atoms with E-state index in [1.54, 1.807) is 11.8 Å². The topological polar surface area (TPSA) is 44.2 Å². The summed E-state index contributed by atoms with van der Waals surface area (Å²) in [5.41, 5.74) is 3.06. The van der Waals surface area contributed by atoms with Crippen molar-refractivity contribution in [1.82, 2.24) is 9.97 Å². The molecule has 6 heteroatoms. The Morgan fingerprint density at radius 3 is 2.64 bits per heavy atom. The Hall–Kier alpha value is -2.24. The van der Waals surface area contributed by atoms with Gasteiger partial charge in [0.15, 0.2) is 17.3 Å². The molecule has 1 aliphatic heterocycles. The molecule has 0 saturated heterocycles. The Balaban J connectivity index is 1.53. The van der Waals surface area contributed by atoms with Gasteiger partial charge in [-0.1, -0.05) is 17.7 Å². The van der Waals surface area contributed by atoms with E-state index < -0.39 is 0 Å². The van der Waals surface area contributed by atoms with Crippen molar-refractivity contribution >= 4 is 23.4 Å². The second kappa shape index (κ2) is 6.94. The van der Waals surface area contributed by atoms with Crippen LogP contribution in [0.1, 0.15) is 11.3 Å². The average Bonchev–Trinajstić information content (AvgIpc) is 3.08. The second-order valence-corrected chi connectivity index (χ2v) is 7.09. The molecule has 126 valence electrons. The number of nitrogens with zero attached hydrogens (tertiary/aromatic N) is 2. The van der Waals surface area contributed by atoms with Crippen LogP contribution in [0.25, 0.3) is 11.4 Å². The van der Waals surface area contributed by atoms with Gasteiger partial charge in [0.1, 0.15) is 5.03 Å². The molecule has 0 bridgehead atoms. The van der Waals surface area contributed by atoms with E-state index in [4.69, 9.17) is 21.1 Å². The molecular formula is C19H15ClN2O2S. The zero-order chi connectivity index (χ0) is 17.2. The summed E-state index contributed by atoms with van der Waals surface area (Å²) >= 11 is 7.63. The Morgan fingerprint density at radius 2 is 1.80 bits per heavy atom. The van der Waals surface area contributed by atoms with E-state index in [-0.39, 0.29) is 0 Å². The van der Waals surface area contributed by atoms with Crippen molar-refractivity contribution in [1.29, 1.82) is 0 Å². The van der Waals surface area contributed by atoms with Crippen molar-refractivity contribution in [3.8, 4) is 22.9 Å². The Bertz CT molecular complexity index is 916. The summed E-state index contributed by atoms with van der Waals surface area (Å²) in [6, 6.07) is 15.6. The highest BCUT2D eigenvalue weighted by molar-refractivity contribution is 7.98. The molecule has 0 unspecified atom stereocenters. The van der Waals surface area contributed by atoms with Crippen LogP contribution >= 0.6 is 23.4 Å². The highest BCUT2D eigenvalue weighted by Crippen LogP contribution is 2.34. The van der Waals surface area contributed by atoms with Crippen molar-refractivity contribution in [3.63, 3.8) is 0 Å². The number of rotatable bonds is 4. The molecule has 1 aromatic heterocycles. The van der Waals surface area contributed by atoms with Gasteiger partial charge >= 0.3 is 0 Å². The molecule has 25 heavy (non-hydrogen) atoms. The largest absolute Gasteiger partial charge is 0.454 e. The lowest BCUT2D eigenvalue weighted by Crippen LogP contribution is -1.94. The van der Waals surface area contributed by atoms with E-state index in [2.05, 4.69) is 16.0 Å². The van der Waals surface area contributed by atoms with E-state index >= 15 is 0 Å². The number of thioether (sulfide) groups is 1. The van der Waals surface area contributed by atoms with E-state index in [0.717, 1.165) is 33.5 Å². The molecule has 2 heterocycles. The number of hydrogen-bond acceptors (Lipinski definition) is 5. The number of aryl methyl sites for hydroxylation is 1. The van der Waals surface area contributed by atoms with Crippen molar-refractivity contribution in [2.75, 3.05) is 6.79 Å². The summed E-state index contributed by atoms with van der Waals surface area (Å²) in [6.07, 6.45) is 0. The van der Waals surface area contributed by atoms with Gasteiger partial charge in [0, 0.05) is 22.0 Å². The van der Waals surface area contributed by atoms with Gasteiger partial charge in [0.25, 0.3) is 0 Å². The van der Waals surface area contributed by atoms with Gasteiger partial charge in [-0.25, -0.2) is 9.97 Å². The fraction of sp³-hybridized carbons (Fsp3) is 0.158.